The molecule has 1 aromatic heterocycles. The summed E-state index contributed by atoms with van der Waals surface area (Å²) in [6, 6.07) is 13.3. The molecule has 3 rings (SSSR count). The third kappa shape index (κ3) is 3.60. The number of rotatable bonds is 4. The van der Waals surface area contributed by atoms with Crippen LogP contribution in [0.1, 0.15) is 5.56 Å². The number of anilines is 1. The van der Waals surface area contributed by atoms with E-state index in [0.717, 1.165) is 17.5 Å². The summed E-state index contributed by atoms with van der Waals surface area (Å²) in [5, 5.41) is 11.5. The molecule has 1 aromatic carbocycles. The van der Waals surface area contributed by atoms with Gasteiger partial charge in [0.15, 0.2) is 5.82 Å². The highest BCUT2D eigenvalue weighted by Crippen LogP contribution is 2.27. The number of nitrogens with zero attached hydrogens (tertiary/aromatic N) is 4. The second-order valence-corrected chi connectivity index (χ2v) is 5.56. The van der Waals surface area contributed by atoms with Gasteiger partial charge in [0.2, 0.25) is 0 Å². The van der Waals surface area contributed by atoms with Gasteiger partial charge in [-0.1, -0.05) is 35.9 Å². The van der Waals surface area contributed by atoms with Gasteiger partial charge >= 0.3 is 0 Å². The average Bonchev–Trinajstić information content (AvgIpc) is 2.92. The van der Waals surface area contributed by atoms with Crippen molar-refractivity contribution in [3.05, 3.63) is 81.5 Å². The van der Waals surface area contributed by atoms with E-state index in [1.165, 1.54) is 0 Å². The Morgan fingerprint density at radius 2 is 2.00 bits per heavy atom. The van der Waals surface area contributed by atoms with Gasteiger partial charge in [0.1, 0.15) is 5.15 Å². The van der Waals surface area contributed by atoms with Crippen LogP contribution in [0.4, 0.5) is 5.69 Å². The summed E-state index contributed by atoms with van der Waals surface area (Å²) in [5.41, 5.74) is 1.90. The lowest BCUT2D eigenvalue weighted by Crippen LogP contribution is -2.23. The SMILES string of the molecule is O=[N+]([O-])/C=C1\N(Cc2ccc(Cl)nc2)CCN1c1ccccc1. The number of hydrogen-bond donors (Lipinski definition) is 0. The minimum Gasteiger partial charge on any atom is -0.347 e. The smallest absolute Gasteiger partial charge is 0.274 e. The Morgan fingerprint density at radius 1 is 1.22 bits per heavy atom. The van der Waals surface area contributed by atoms with Gasteiger partial charge in [-0.3, -0.25) is 10.1 Å². The fourth-order valence-corrected chi connectivity index (χ4v) is 2.73. The normalized spacial score (nSPS) is 16.1. The van der Waals surface area contributed by atoms with Gasteiger partial charge in [0, 0.05) is 31.5 Å². The maximum absolute atomic E-state index is 11.0. The number of pyridine rings is 1. The van der Waals surface area contributed by atoms with Crippen molar-refractivity contribution in [2.75, 3.05) is 18.0 Å². The number of nitro groups is 1. The van der Waals surface area contributed by atoms with E-state index in [1.807, 2.05) is 46.2 Å². The Labute approximate surface area is 138 Å². The Hall–Kier alpha value is -2.60. The molecule has 2 aromatic rings. The lowest BCUT2D eigenvalue weighted by molar-refractivity contribution is -0.404. The van der Waals surface area contributed by atoms with Crippen LogP contribution in [0.2, 0.25) is 5.15 Å². The first-order valence-corrected chi connectivity index (χ1v) is 7.54. The van der Waals surface area contributed by atoms with Crippen molar-refractivity contribution < 1.29 is 4.92 Å². The molecule has 6 nitrogen and oxygen atoms in total. The van der Waals surface area contributed by atoms with E-state index in [0.29, 0.717) is 30.6 Å². The van der Waals surface area contributed by atoms with E-state index >= 15 is 0 Å². The van der Waals surface area contributed by atoms with E-state index < -0.39 is 4.92 Å². The Balaban J connectivity index is 1.86. The maximum atomic E-state index is 11.0. The lowest BCUT2D eigenvalue weighted by Gasteiger charge is -2.22. The first-order chi connectivity index (χ1) is 11.1. The van der Waals surface area contributed by atoms with Crippen molar-refractivity contribution in [1.82, 2.24) is 9.88 Å². The van der Waals surface area contributed by atoms with Crippen molar-refractivity contribution in [3.8, 4) is 0 Å². The van der Waals surface area contributed by atoms with Gasteiger partial charge in [0.05, 0.1) is 4.92 Å². The number of aromatic nitrogens is 1. The molecule has 1 saturated heterocycles. The molecule has 0 N–H and O–H groups in total. The number of para-hydroxylation sites is 1. The lowest BCUT2D eigenvalue weighted by atomic mass is 10.2. The van der Waals surface area contributed by atoms with E-state index in [9.17, 15) is 10.1 Å². The van der Waals surface area contributed by atoms with Crippen LogP contribution < -0.4 is 4.90 Å². The summed E-state index contributed by atoms with van der Waals surface area (Å²) in [5.74, 6) is 0.580. The van der Waals surface area contributed by atoms with Crippen LogP contribution in [0, 0.1) is 10.1 Å². The summed E-state index contributed by atoms with van der Waals surface area (Å²) >= 11 is 5.80. The van der Waals surface area contributed by atoms with E-state index in [4.69, 9.17) is 11.6 Å². The minimum absolute atomic E-state index is 0.413. The molecule has 118 valence electrons. The molecule has 0 spiro atoms. The maximum Gasteiger partial charge on any atom is 0.274 e. The Morgan fingerprint density at radius 3 is 2.65 bits per heavy atom. The van der Waals surface area contributed by atoms with Gasteiger partial charge in [-0.25, -0.2) is 4.98 Å². The zero-order valence-electron chi connectivity index (χ0n) is 12.3. The fraction of sp³-hybridized carbons (Fsp3) is 0.188. The van der Waals surface area contributed by atoms with Crippen LogP contribution in [-0.2, 0) is 6.54 Å². The second kappa shape index (κ2) is 6.66. The molecule has 0 radical (unpaired) electrons. The quantitative estimate of drug-likeness (QED) is 0.489. The fourth-order valence-electron chi connectivity index (χ4n) is 2.62. The summed E-state index contributed by atoms with van der Waals surface area (Å²) in [7, 11) is 0. The van der Waals surface area contributed by atoms with Crippen LogP contribution >= 0.6 is 11.6 Å². The standard InChI is InChI=1S/C16H15ClN4O2/c17-15-7-6-13(10-18-15)11-19-8-9-20(16(19)12-21(22)23)14-4-2-1-3-5-14/h1-7,10,12H,8-9,11H2/b16-12+. The molecule has 23 heavy (non-hydrogen) atoms. The van der Waals surface area contributed by atoms with Crippen LogP contribution in [-0.4, -0.2) is 27.9 Å². The van der Waals surface area contributed by atoms with Gasteiger partial charge in [-0.2, -0.15) is 0 Å². The van der Waals surface area contributed by atoms with Gasteiger partial charge in [-0.15, -0.1) is 0 Å². The monoisotopic (exact) mass is 330 g/mol. The van der Waals surface area contributed by atoms with Crippen LogP contribution in [0.5, 0.6) is 0 Å². The van der Waals surface area contributed by atoms with E-state index in [1.54, 1.807) is 12.3 Å². The van der Waals surface area contributed by atoms with Gasteiger partial charge in [-0.05, 0) is 23.8 Å². The third-order valence-electron chi connectivity index (χ3n) is 3.64. The van der Waals surface area contributed by atoms with E-state index in [-0.39, 0.29) is 0 Å². The predicted octanol–water partition coefficient (Wildman–Crippen LogP) is 3.13. The summed E-state index contributed by atoms with van der Waals surface area (Å²) < 4.78 is 0. The summed E-state index contributed by atoms with van der Waals surface area (Å²) in [6.45, 7) is 1.95. The van der Waals surface area contributed by atoms with Crippen molar-refractivity contribution in [2.45, 2.75) is 6.54 Å². The number of hydrogen-bond acceptors (Lipinski definition) is 5. The van der Waals surface area contributed by atoms with Crippen LogP contribution in [0.25, 0.3) is 0 Å². The average molecular weight is 331 g/mol. The largest absolute Gasteiger partial charge is 0.347 e. The number of benzene rings is 1. The van der Waals surface area contributed by atoms with Crippen molar-refractivity contribution in [1.29, 1.82) is 0 Å². The molecule has 1 aliphatic heterocycles. The molecule has 0 atom stereocenters. The molecule has 0 amide bonds. The topological polar surface area (TPSA) is 62.5 Å². The van der Waals surface area contributed by atoms with E-state index in [2.05, 4.69) is 4.98 Å². The zero-order chi connectivity index (χ0) is 16.2. The highest BCUT2D eigenvalue weighted by Gasteiger charge is 2.28. The van der Waals surface area contributed by atoms with Gasteiger partial charge in [0.25, 0.3) is 6.20 Å². The third-order valence-corrected chi connectivity index (χ3v) is 3.87. The molecule has 0 aliphatic carbocycles. The number of halogens is 1. The first-order valence-electron chi connectivity index (χ1n) is 7.17. The highest BCUT2D eigenvalue weighted by atomic mass is 35.5. The molecular weight excluding hydrogens is 316 g/mol. The molecule has 0 bridgehead atoms. The molecule has 7 heteroatoms. The second-order valence-electron chi connectivity index (χ2n) is 5.17. The Kier molecular flexibility index (Phi) is 4.43. The zero-order valence-corrected chi connectivity index (χ0v) is 13.1. The van der Waals surface area contributed by atoms with Crippen LogP contribution in [0.15, 0.2) is 60.7 Å². The Bertz CT molecular complexity index is 719. The molecule has 0 saturated carbocycles. The summed E-state index contributed by atoms with van der Waals surface area (Å²) in [4.78, 5) is 18.6. The van der Waals surface area contributed by atoms with Crippen LogP contribution in [0.3, 0.4) is 0 Å². The molecular formula is C16H15ClN4O2. The molecule has 0 unspecified atom stereocenters. The highest BCUT2D eigenvalue weighted by molar-refractivity contribution is 6.29. The van der Waals surface area contributed by atoms with Crippen molar-refractivity contribution in [2.24, 2.45) is 0 Å². The molecule has 1 aliphatic rings. The molecule has 1 fully saturated rings. The minimum atomic E-state index is -0.413. The van der Waals surface area contributed by atoms with Gasteiger partial charge < -0.3 is 9.80 Å². The molecule has 2 heterocycles. The first kappa shape index (κ1) is 15.3. The van der Waals surface area contributed by atoms with Crippen molar-refractivity contribution in [3.63, 3.8) is 0 Å². The summed E-state index contributed by atoms with van der Waals surface area (Å²) in [6.07, 6.45) is 2.75. The predicted molar refractivity (Wildman–Crippen MR) is 88.5 cm³/mol. The van der Waals surface area contributed by atoms with Crippen molar-refractivity contribution >= 4 is 17.3 Å².